The largest absolute Gasteiger partial charge is 0.355 e. The van der Waals surface area contributed by atoms with Crippen molar-refractivity contribution in [3.8, 4) is 0 Å². The second kappa shape index (κ2) is 9.34. The number of carbonyl (C=O) groups excluding carboxylic acids is 1. The maximum absolute atomic E-state index is 11.7. The van der Waals surface area contributed by atoms with Gasteiger partial charge in [-0.1, -0.05) is 20.3 Å². The third-order valence-corrected chi connectivity index (χ3v) is 3.68. The number of amides is 1. The highest BCUT2D eigenvalue weighted by molar-refractivity contribution is 5.81. The monoisotopic (exact) mass is 257 g/mol. The van der Waals surface area contributed by atoms with Gasteiger partial charge in [0.1, 0.15) is 0 Å². The average molecular weight is 257 g/mol. The van der Waals surface area contributed by atoms with Gasteiger partial charge >= 0.3 is 0 Å². The maximum atomic E-state index is 11.7. The molecule has 0 spiro atoms. The van der Waals surface area contributed by atoms with Crippen LogP contribution in [0.1, 0.15) is 47.0 Å². The molecule has 0 saturated heterocycles. The molecule has 108 valence electrons. The summed E-state index contributed by atoms with van der Waals surface area (Å²) in [6.07, 6.45) is 3.05. The van der Waals surface area contributed by atoms with E-state index in [0.29, 0.717) is 6.04 Å². The fraction of sp³-hybridized carbons (Fsp3) is 0.929. The van der Waals surface area contributed by atoms with E-state index in [2.05, 4.69) is 38.0 Å². The summed E-state index contributed by atoms with van der Waals surface area (Å²) in [7, 11) is 2.13. The van der Waals surface area contributed by atoms with Crippen molar-refractivity contribution in [2.75, 3.05) is 20.1 Å². The molecule has 18 heavy (non-hydrogen) atoms. The molecule has 0 aliphatic heterocycles. The number of carbonyl (C=O) groups is 1. The van der Waals surface area contributed by atoms with E-state index in [0.717, 1.165) is 32.4 Å². The van der Waals surface area contributed by atoms with E-state index in [4.69, 9.17) is 5.73 Å². The Morgan fingerprint density at radius 2 is 1.89 bits per heavy atom. The zero-order valence-corrected chi connectivity index (χ0v) is 12.7. The molecule has 2 unspecified atom stereocenters. The van der Waals surface area contributed by atoms with Crippen molar-refractivity contribution < 1.29 is 4.79 Å². The molecule has 0 saturated carbocycles. The number of hydrogen-bond donors (Lipinski definition) is 2. The molecular formula is C14H31N3O. The minimum Gasteiger partial charge on any atom is -0.355 e. The van der Waals surface area contributed by atoms with Crippen LogP contribution in [0.4, 0.5) is 0 Å². The number of hydrogen-bond acceptors (Lipinski definition) is 3. The highest BCUT2D eigenvalue weighted by Crippen LogP contribution is 2.05. The molecular weight excluding hydrogens is 226 g/mol. The van der Waals surface area contributed by atoms with Crippen LogP contribution in [-0.4, -0.2) is 43.0 Å². The topological polar surface area (TPSA) is 58.4 Å². The van der Waals surface area contributed by atoms with Crippen molar-refractivity contribution in [2.45, 2.75) is 59.0 Å². The normalized spacial score (nSPS) is 14.9. The molecule has 1 amide bonds. The number of rotatable bonds is 9. The van der Waals surface area contributed by atoms with Crippen molar-refractivity contribution in [3.63, 3.8) is 0 Å². The van der Waals surface area contributed by atoms with Crippen LogP contribution in [0.2, 0.25) is 0 Å². The molecule has 4 heteroatoms. The molecule has 3 N–H and O–H groups in total. The minimum absolute atomic E-state index is 0.0124. The van der Waals surface area contributed by atoms with Crippen LogP contribution in [-0.2, 0) is 4.79 Å². The summed E-state index contributed by atoms with van der Waals surface area (Å²) in [5.41, 5.74) is 5.85. The average Bonchev–Trinajstić information content (AvgIpc) is 2.35. The Morgan fingerprint density at radius 3 is 2.39 bits per heavy atom. The fourth-order valence-electron chi connectivity index (χ4n) is 1.59. The molecule has 4 nitrogen and oxygen atoms in total. The van der Waals surface area contributed by atoms with Gasteiger partial charge in [-0.2, -0.15) is 0 Å². The predicted octanol–water partition coefficient (Wildman–Crippen LogP) is 1.60. The lowest BCUT2D eigenvalue weighted by Crippen LogP contribution is -2.44. The fourth-order valence-corrected chi connectivity index (χ4v) is 1.59. The summed E-state index contributed by atoms with van der Waals surface area (Å²) in [6, 6.07) is 0.215. The second-order valence-electron chi connectivity index (χ2n) is 5.48. The zero-order chi connectivity index (χ0) is 14.1. The Hall–Kier alpha value is -0.610. The van der Waals surface area contributed by atoms with Gasteiger partial charge < -0.3 is 16.0 Å². The van der Waals surface area contributed by atoms with Crippen molar-refractivity contribution in [3.05, 3.63) is 0 Å². The van der Waals surface area contributed by atoms with Crippen LogP contribution >= 0.6 is 0 Å². The quantitative estimate of drug-likeness (QED) is 0.617. The highest BCUT2D eigenvalue weighted by Gasteiger charge is 2.18. The maximum Gasteiger partial charge on any atom is 0.237 e. The third-order valence-electron chi connectivity index (χ3n) is 3.68. The summed E-state index contributed by atoms with van der Waals surface area (Å²) < 4.78 is 0. The van der Waals surface area contributed by atoms with Gasteiger partial charge in [0.25, 0.3) is 0 Å². The molecule has 0 aromatic heterocycles. The Bertz CT molecular complexity index is 231. The Balaban J connectivity index is 3.63. The van der Waals surface area contributed by atoms with Gasteiger partial charge in [-0.15, -0.1) is 0 Å². The highest BCUT2D eigenvalue weighted by atomic mass is 16.2. The first-order valence-electron chi connectivity index (χ1n) is 7.13. The molecule has 0 aromatic carbocycles. The van der Waals surface area contributed by atoms with Crippen molar-refractivity contribution >= 4 is 5.91 Å². The molecule has 0 fully saturated rings. The third kappa shape index (κ3) is 6.97. The number of nitrogens with zero attached hydrogens (tertiary/aromatic N) is 1. The molecule has 0 aromatic rings. The van der Waals surface area contributed by atoms with E-state index in [1.165, 1.54) is 0 Å². The summed E-state index contributed by atoms with van der Waals surface area (Å²) in [4.78, 5) is 14.0. The molecule has 2 atom stereocenters. The SMILES string of the molecule is CCC(C)C(N)C(=O)NCCCCN(C)C(C)C. The van der Waals surface area contributed by atoms with Crippen LogP contribution in [0, 0.1) is 5.92 Å². The number of nitrogens with two attached hydrogens (primary N) is 1. The van der Waals surface area contributed by atoms with Crippen LogP contribution < -0.4 is 11.1 Å². The number of unbranched alkanes of at least 4 members (excludes halogenated alkanes) is 1. The van der Waals surface area contributed by atoms with E-state index in [9.17, 15) is 4.79 Å². The molecule has 0 bridgehead atoms. The van der Waals surface area contributed by atoms with Gasteiger partial charge in [-0.25, -0.2) is 0 Å². The Labute approximate surface area is 112 Å². The number of nitrogens with one attached hydrogen (secondary N) is 1. The van der Waals surface area contributed by atoms with Gasteiger partial charge in [0.15, 0.2) is 0 Å². The Morgan fingerprint density at radius 1 is 1.28 bits per heavy atom. The van der Waals surface area contributed by atoms with E-state index in [1.807, 2.05) is 6.92 Å². The smallest absolute Gasteiger partial charge is 0.237 e. The molecule has 0 aliphatic rings. The summed E-state index contributed by atoms with van der Waals surface area (Å²) in [5.74, 6) is 0.235. The first-order valence-corrected chi connectivity index (χ1v) is 7.13. The standard InChI is InChI=1S/C14H31N3O/c1-6-12(4)13(15)14(18)16-9-7-8-10-17(5)11(2)3/h11-13H,6-10,15H2,1-5H3,(H,16,18). The van der Waals surface area contributed by atoms with Crippen LogP contribution in [0.3, 0.4) is 0 Å². The summed E-state index contributed by atoms with van der Waals surface area (Å²) in [6.45, 7) is 10.3. The first-order chi connectivity index (χ1) is 8.40. The molecule has 0 radical (unpaired) electrons. The second-order valence-corrected chi connectivity index (χ2v) is 5.48. The van der Waals surface area contributed by atoms with E-state index < -0.39 is 0 Å². The predicted molar refractivity (Wildman–Crippen MR) is 77.4 cm³/mol. The molecule has 0 heterocycles. The van der Waals surface area contributed by atoms with Gasteiger partial charge in [0.2, 0.25) is 5.91 Å². The first kappa shape index (κ1) is 17.4. The van der Waals surface area contributed by atoms with Crippen molar-refractivity contribution in [1.29, 1.82) is 0 Å². The van der Waals surface area contributed by atoms with Gasteiger partial charge in [0.05, 0.1) is 6.04 Å². The zero-order valence-electron chi connectivity index (χ0n) is 12.7. The van der Waals surface area contributed by atoms with Crippen molar-refractivity contribution in [2.24, 2.45) is 11.7 Å². The summed E-state index contributed by atoms with van der Waals surface area (Å²) >= 11 is 0. The van der Waals surface area contributed by atoms with E-state index in [1.54, 1.807) is 0 Å². The minimum atomic E-state index is -0.367. The molecule has 0 aliphatic carbocycles. The van der Waals surface area contributed by atoms with E-state index in [-0.39, 0.29) is 17.9 Å². The lowest BCUT2D eigenvalue weighted by atomic mass is 9.99. The summed E-state index contributed by atoms with van der Waals surface area (Å²) in [5, 5.41) is 2.92. The Kier molecular flexibility index (Phi) is 9.02. The molecule has 0 rings (SSSR count). The lowest BCUT2D eigenvalue weighted by molar-refractivity contribution is -0.123. The van der Waals surface area contributed by atoms with E-state index >= 15 is 0 Å². The van der Waals surface area contributed by atoms with Crippen LogP contribution in [0.15, 0.2) is 0 Å². The van der Waals surface area contributed by atoms with Crippen LogP contribution in [0.25, 0.3) is 0 Å². The van der Waals surface area contributed by atoms with Crippen molar-refractivity contribution in [1.82, 2.24) is 10.2 Å². The van der Waals surface area contributed by atoms with Gasteiger partial charge in [-0.05, 0) is 46.2 Å². The van der Waals surface area contributed by atoms with Gasteiger partial charge in [-0.3, -0.25) is 4.79 Å². The lowest BCUT2D eigenvalue weighted by Gasteiger charge is -2.21. The van der Waals surface area contributed by atoms with Crippen LogP contribution in [0.5, 0.6) is 0 Å². The van der Waals surface area contributed by atoms with Gasteiger partial charge in [0, 0.05) is 12.6 Å².